The molecule has 4 heteroatoms. The second-order valence-electron chi connectivity index (χ2n) is 6.31. The van der Waals surface area contributed by atoms with Crippen molar-refractivity contribution in [2.75, 3.05) is 6.54 Å². The molecule has 4 aromatic rings. The van der Waals surface area contributed by atoms with Gasteiger partial charge in [-0.05, 0) is 47.4 Å². The third-order valence-corrected chi connectivity index (χ3v) is 5.65. The van der Waals surface area contributed by atoms with E-state index in [-0.39, 0.29) is 5.91 Å². The average Bonchev–Trinajstić information content (AvgIpc) is 3.17. The number of carbonyl (C=O) groups is 1. The molecule has 0 aliphatic heterocycles. The van der Waals surface area contributed by atoms with Crippen molar-refractivity contribution in [2.45, 2.75) is 19.8 Å². The quantitative estimate of drug-likeness (QED) is 0.544. The zero-order valence-electron chi connectivity index (χ0n) is 14.1. The summed E-state index contributed by atoms with van der Waals surface area (Å²) in [6, 6.07) is 16.6. The number of para-hydroxylation sites is 1. The molecular formula is C21H20N2OS. The Morgan fingerprint density at radius 3 is 2.72 bits per heavy atom. The van der Waals surface area contributed by atoms with Gasteiger partial charge in [-0.15, -0.1) is 11.3 Å². The molecule has 0 radical (unpaired) electrons. The number of fused-ring (bicyclic) bond motifs is 2. The number of hydrogen-bond donors (Lipinski definition) is 2. The predicted molar refractivity (Wildman–Crippen MR) is 105 cm³/mol. The molecular weight excluding hydrogens is 328 g/mol. The summed E-state index contributed by atoms with van der Waals surface area (Å²) in [5.41, 5.74) is 4.56. The number of benzene rings is 2. The van der Waals surface area contributed by atoms with Crippen molar-refractivity contribution < 1.29 is 4.79 Å². The van der Waals surface area contributed by atoms with Crippen LogP contribution < -0.4 is 5.32 Å². The highest BCUT2D eigenvalue weighted by molar-refractivity contribution is 7.17. The Morgan fingerprint density at radius 1 is 1.08 bits per heavy atom. The summed E-state index contributed by atoms with van der Waals surface area (Å²) < 4.78 is 1.30. The van der Waals surface area contributed by atoms with Crippen LogP contribution in [0.5, 0.6) is 0 Å². The summed E-state index contributed by atoms with van der Waals surface area (Å²) in [6.45, 7) is 2.70. The van der Waals surface area contributed by atoms with Crippen molar-refractivity contribution >= 4 is 38.2 Å². The summed E-state index contributed by atoms with van der Waals surface area (Å²) in [5, 5.41) is 7.70. The first-order valence-electron chi connectivity index (χ1n) is 8.50. The van der Waals surface area contributed by atoms with Gasteiger partial charge in [-0.2, -0.15) is 0 Å². The fraction of sp³-hybridized carbons (Fsp3) is 0.190. The van der Waals surface area contributed by atoms with E-state index in [1.165, 1.54) is 15.6 Å². The summed E-state index contributed by atoms with van der Waals surface area (Å²) in [5.74, 6) is 0.0763. The van der Waals surface area contributed by atoms with E-state index in [4.69, 9.17) is 0 Å². The molecule has 2 aromatic heterocycles. The van der Waals surface area contributed by atoms with Crippen molar-refractivity contribution in [3.8, 4) is 0 Å². The van der Waals surface area contributed by atoms with E-state index in [0.717, 1.165) is 28.6 Å². The lowest BCUT2D eigenvalue weighted by Gasteiger charge is -2.06. The number of aromatic nitrogens is 1. The minimum absolute atomic E-state index is 0.0763. The molecule has 1 amide bonds. The molecule has 2 aromatic carbocycles. The maximum Gasteiger partial charge on any atom is 0.224 e. The number of H-pyrrole nitrogens is 1. The van der Waals surface area contributed by atoms with Crippen LogP contribution in [0, 0.1) is 6.92 Å². The van der Waals surface area contributed by atoms with Crippen LogP contribution in [0.25, 0.3) is 21.0 Å². The Labute approximate surface area is 150 Å². The van der Waals surface area contributed by atoms with Crippen molar-refractivity contribution in [2.24, 2.45) is 0 Å². The molecule has 0 saturated heterocycles. The number of rotatable bonds is 5. The molecule has 2 N–H and O–H groups in total. The van der Waals surface area contributed by atoms with Crippen LogP contribution in [0.3, 0.4) is 0 Å². The molecule has 0 saturated carbocycles. The lowest BCUT2D eigenvalue weighted by molar-refractivity contribution is -0.120. The topological polar surface area (TPSA) is 44.9 Å². The standard InChI is InChI=1S/C21H20N2OS/c1-14-18(17-7-2-4-8-19(17)23-14)12-21(24)22-11-10-15-13-25-20-9-5-3-6-16(15)20/h2-9,13,23H,10-12H2,1H3,(H,22,24). The van der Waals surface area contributed by atoms with E-state index in [2.05, 4.69) is 46.0 Å². The molecule has 0 bridgehead atoms. The Morgan fingerprint density at radius 2 is 1.84 bits per heavy atom. The number of thiophene rings is 1. The van der Waals surface area contributed by atoms with Gasteiger partial charge in [-0.3, -0.25) is 4.79 Å². The van der Waals surface area contributed by atoms with Gasteiger partial charge in [0.2, 0.25) is 5.91 Å². The molecule has 0 aliphatic carbocycles. The molecule has 0 fully saturated rings. The van der Waals surface area contributed by atoms with Crippen LogP contribution in [0.15, 0.2) is 53.9 Å². The highest BCUT2D eigenvalue weighted by Gasteiger charge is 2.12. The van der Waals surface area contributed by atoms with Gasteiger partial charge in [-0.1, -0.05) is 36.4 Å². The van der Waals surface area contributed by atoms with Gasteiger partial charge in [0.05, 0.1) is 6.42 Å². The van der Waals surface area contributed by atoms with E-state index in [1.807, 2.05) is 25.1 Å². The first kappa shape index (κ1) is 15.9. The van der Waals surface area contributed by atoms with Gasteiger partial charge < -0.3 is 10.3 Å². The van der Waals surface area contributed by atoms with E-state index >= 15 is 0 Å². The van der Waals surface area contributed by atoms with Crippen molar-refractivity contribution in [3.05, 3.63) is 70.7 Å². The molecule has 3 nitrogen and oxygen atoms in total. The zero-order valence-corrected chi connectivity index (χ0v) is 15.0. The third-order valence-electron chi connectivity index (χ3n) is 4.64. The van der Waals surface area contributed by atoms with Crippen LogP contribution in [0.4, 0.5) is 0 Å². The van der Waals surface area contributed by atoms with Gasteiger partial charge in [0.1, 0.15) is 0 Å². The maximum atomic E-state index is 12.4. The summed E-state index contributed by atoms with van der Waals surface area (Å²) >= 11 is 1.76. The number of hydrogen-bond acceptors (Lipinski definition) is 2. The molecule has 126 valence electrons. The lowest BCUT2D eigenvalue weighted by Crippen LogP contribution is -2.27. The van der Waals surface area contributed by atoms with Crippen LogP contribution in [0.2, 0.25) is 0 Å². The van der Waals surface area contributed by atoms with E-state index in [1.54, 1.807) is 11.3 Å². The van der Waals surface area contributed by atoms with Gasteiger partial charge in [0.25, 0.3) is 0 Å². The fourth-order valence-corrected chi connectivity index (χ4v) is 4.35. The molecule has 0 atom stereocenters. The zero-order chi connectivity index (χ0) is 17.2. The monoisotopic (exact) mass is 348 g/mol. The lowest BCUT2D eigenvalue weighted by atomic mass is 10.1. The SMILES string of the molecule is Cc1[nH]c2ccccc2c1CC(=O)NCCc1csc2ccccc12. The highest BCUT2D eigenvalue weighted by atomic mass is 32.1. The van der Waals surface area contributed by atoms with Gasteiger partial charge in [0.15, 0.2) is 0 Å². The fourth-order valence-electron chi connectivity index (χ4n) is 3.35. The normalized spacial score (nSPS) is 11.2. The van der Waals surface area contributed by atoms with Crippen LogP contribution in [0.1, 0.15) is 16.8 Å². The first-order chi connectivity index (χ1) is 12.2. The van der Waals surface area contributed by atoms with Crippen LogP contribution in [-0.2, 0) is 17.6 Å². The number of aryl methyl sites for hydroxylation is 1. The smallest absolute Gasteiger partial charge is 0.224 e. The molecule has 0 unspecified atom stereocenters. The Kier molecular flexibility index (Phi) is 4.28. The predicted octanol–water partition coefficient (Wildman–Crippen LogP) is 4.59. The second kappa shape index (κ2) is 6.73. The molecule has 4 rings (SSSR count). The largest absolute Gasteiger partial charge is 0.358 e. The molecule has 2 heterocycles. The number of aromatic amines is 1. The van der Waals surface area contributed by atoms with E-state index < -0.39 is 0 Å². The number of nitrogens with one attached hydrogen (secondary N) is 2. The summed E-state index contributed by atoms with van der Waals surface area (Å²) in [4.78, 5) is 15.7. The van der Waals surface area contributed by atoms with Gasteiger partial charge in [0, 0.05) is 27.8 Å². The molecule has 25 heavy (non-hydrogen) atoms. The average molecular weight is 348 g/mol. The highest BCUT2D eigenvalue weighted by Crippen LogP contribution is 2.26. The van der Waals surface area contributed by atoms with E-state index in [0.29, 0.717) is 13.0 Å². The number of amides is 1. The van der Waals surface area contributed by atoms with Crippen LogP contribution >= 0.6 is 11.3 Å². The summed E-state index contributed by atoms with van der Waals surface area (Å²) in [7, 11) is 0. The Bertz CT molecular complexity index is 1040. The van der Waals surface area contributed by atoms with Gasteiger partial charge in [-0.25, -0.2) is 0 Å². The van der Waals surface area contributed by atoms with E-state index in [9.17, 15) is 4.79 Å². The third kappa shape index (κ3) is 3.17. The second-order valence-corrected chi connectivity index (χ2v) is 7.22. The minimum Gasteiger partial charge on any atom is -0.358 e. The van der Waals surface area contributed by atoms with Crippen molar-refractivity contribution in [3.63, 3.8) is 0 Å². The molecule has 0 aliphatic rings. The summed E-state index contributed by atoms with van der Waals surface area (Å²) in [6.07, 6.45) is 1.28. The Hall–Kier alpha value is -2.59. The van der Waals surface area contributed by atoms with Gasteiger partial charge >= 0.3 is 0 Å². The maximum absolute atomic E-state index is 12.4. The molecule has 0 spiro atoms. The first-order valence-corrected chi connectivity index (χ1v) is 9.38. The van der Waals surface area contributed by atoms with Crippen LogP contribution in [-0.4, -0.2) is 17.4 Å². The van der Waals surface area contributed by atoms with Crippen molar-refractivity contribution in [1.82, 2.24) is 10.3 Å². The Balaban J connectivity index is 1.40. The van der Waals surface area contributed by atoms with Crippen molar-refractivity contribution in [1.29, 1.82) is 0 Å². The minimum atomic E-state index is 0.0763. The number of carbonyl (C=O) groups excluding carboxylic acids is 1.